The molecule has 0 radical (unpaired) electrons. The molecule has 192 valence electrons. The van der Waals surface area contributed by atoms with Gasteiger partial charge in [-0.1, -0.05) is 41.9 Å². The lowest BCUT2D eigenvalue weighted by Gasteiger charge is -2.55. The van der Waals surface area contributed by atoms with Crippen molar-refractivity contribution in [3.8, 4) is 0 Å². The number of halogens is 1. The van der Waals surface area contributed by atoms with Crippen LogP contribution in [0.15, 0.2) is 47.4 Å². The molecule has 4 bridgehead atoms. The fourth-order valence-electron chi connectivity index (χ4n) is 6.86. The van der Waals surface area contributed by atoms with Crippen LogP contribution < -0.4 is 5.32 Å². The number of carbonyl (C=O) groups is 2. The van der Waals surface area contributed by atoms with Crippen LogP contribution in [0.25, 0.3) is 0 Å². The third-order valence-electron chi connectivity index (χ3n) is 8.30. The van der Waals surface area contributed by atoms with Crippen LogP contribution >= 0.6 is 11.6 Å². The van der Waals surface area contributed by atoms with Crippen molar-refractivity contribution in [2.75, 3.05) is 18.9 Å². The number of carbonyl (C=O) groups excluding carboxylic acids is 1. The minimum atomic E-state index is -4.11. The molecule has 4 aliphatic rings. The molecule has 2 aromatic rings. The van der Waals surface area contributed by atoms with Crippen molar-refractivity contribution in [3.63, 3.8) is 0 Å². The first-order valence-electron chi connectivity index (χ1n) is 12.5. The highest BCUT2D eigenvalue weighted by Gasteiger charge is 2.54. The summed E-state index contributed by atoms with van der Waals surface area (Å²) >= 11 is 6.57. The second-order valence-electron chi connectivity index (χ2n) is 10.9. The number of carboxylic acid groups (broad SMARTS) is 1. The van der Waals surface area contributed by atoms with Gasteiger partial charge in [-0.05, 0) is 80.4 Å². The van der Waals surface area contributed by atoms with Crippen molar-refractivity contribution in [2.24, 2.45) is 23.2 Å². The molecule has 0 aromatic heterocycles. The fourth-order valence-corrected chi connectivity index (χ4v) is 8.59. The van der Waals surface area contributed by atoms with E-state index in [2.05, 4.69) is 5.32 Å². The Hall–Kier alpha value is -2.42. The quantitative estimate of drug-likeness (QED) is 0.496. The molecule has 9 heteroatoms. The number of likely N-dealkylation sites (N-methyl/N-ethyl adjacent to an activating group) is 1. The Balaban J connectivity index is 1.42. The van der Waals surface area contributed by atoms with E-state index in [1.165, 1.54) is 32.4 Å². The van der Waals surface area contributed by atoms with Crippen LogP contribution in [0, 0.1) is 23.2 Å². The van der Waals surface area contributed by atoms with E-state index in [1.54, 1.807) is 0 Å². The van der Waals surface area contributed by atoms with Gasteiger partial charge in [0.05, 0.1) is 21.7 Å². The summed E-state index contributed by atoms with van der Waals surface area (Å²) in [4.78, 5) is 25.1. The number of sulfonamides is 1. The number of hydrogen-bond acceptors (Lipinski definition) is 4. The minimum absolute atomic E-state index is 0.0346. The molecule has 36 heavy (non-hydrogen) atoms. The van der Waals surface area contributed by atoms with Gasteiger partial charge < -0.3 is 10.4 Å². The van der Waals surface area contributed by atoms with Gasteiger partial charge in [-0.15, -0.1) is 0 Å². The highest BCUT2D eigenvalue weighted by atomic mass is 35.5. The number of aromatic carboxylic acids is 1. The second kappa shape index (κ2) is 9.47. The standard InChI is InChI=1S/C27H31ClN2O5S/c1-30(8-7-17-5-3-2-4-6-17)36(34,35)23-13-21(25(31)32)12-22(24(23)28)29-26(33)27-14-18-9-19(15-27)11-20(10-18)16-27/h2-6,12-13,18-20H,7-11,14-16H2,1H3,(H,29,33)(H,31,32). The lowest BCUT2D eigenvalue weighted by Crippen LogP contribution is -2.51. The van der Waals surface area contributed by atoms with Crippen LogP contribution in [0.1, 0.15) is 54.4 Å². The number of nitrogens with one attached hydrogen (secondary N) is 1. The molecule has 2 N–H and O–H groups in total. The van der Waals surface area contributed by atoms with Gasteiger partial charge >= 0.3 is 5.97 Å². The number of amides is 1. The summed E-state index contributed by atoms with van der Waals surface area (Å²) in [5, 5.41) is 12.4. The summed E-state index contributed by atoms with van der Waals surface area (Å²) in [5.74, 6) is 0.193. The van der Waals surface area contributed by atoms with Crippen molar-refractivity contribution in [1.82, 2.24) is 4.31 Å². The summed E-state index contributed by atoms with van der Waals surface area (Å²) in [7, 11) is -2.67. The summed E-state index contributed by atoms with van der Waals surface area (Å²) in [5.41, 5.74) is 0.291. The molecule has 0 spiro atoms. The zero-order valence-corrected chi connectivity index (χ0v) is 21.8. The highest BCUT2D eigenvalue weighted by Crippen LogP contribution is 2.60. The minimum Gasteiger partial charge on any atom is -0.478 e. The van der Waals surface area contributed by atoms with E-state index in [1.807, 2.05) is 30.3 Å². The van der Waals surface area contributed by atoms with E-state index in [0.29, 0.717) is 24.2 Å². The summed E-state index contributed by atoms with van der Waals surface area (Å²) in [6, 6.07) is 11.8. The Labute approximate surface area is 216 Å². The van der Waals surface area contributed by atoms with Crippen molar-refractivity contribution in [3.05, 3.63) is 58.6 Å². The van der Waals surface area contributed by atoms with Gasteiger partial charge in [-0.2, -0.15) is 0 Å². The highest BCUT2D eigenvalue weighted by molar-refractivity contribution is 7.89. The molecule has 4 saturated carbocycles. The second-order valence-corrected chi connectivity index (χ2v) is 13.2. The van der Waals surface area contributed by atoms with Gasteiger partial charge in [0, 0.05) is 13.6 Å². The third kappa shape index (κ3) is 4.66. The lowest BCUT2D eigenvalue weighted by molar-refractivity contribution is -0.140. The average molecular weight is 531 g/mol. The predicted octanol–water partition coefficient (Wildman–Crippen LogP) is 5.06. The lowest BCUT2D eigenvalue weighted by atomic mass is 9.49. The van der Waals surface area contributed by atoms with E-state index < -0.39 is 21.4 Å². The van der Waals surface area contributed by atoms with Crippen LogP contribution in [0.4, 0.5) is 5.69 Å². The number of hydrogen-bond donors (Lipinski definition) is 2. The Morgan fingerprint density at radius 3 is 2.19 bits per heavy atom. The topological polar surface area (TPSA) is 104 Å². The average Bonchev–Trinajstić information content (AvgIpc) is 2.83. The smallest absolute Gasteiger partial charge is 0.335 e. The molecule has 4 fully saturated rings. The molecular weight excluding hydrogens is 500 g/mol. The van der Waals surface area contributed by atoms with Gasteiger partial charge in [-0.25, -0.2) is 17.5 Å². The van der Waals surface area contributed by atoms with Crippen LogP contribution in [-0.4, -0.2) is 43.3 Å². The van der Waals surface area contributed by atoms with E-state index in [0.717, 1.165) is 35.2 Å². The first-order chi connectivity index (χ1) is 17.1. The van der Waals surface area contributed by atoms with E-state index in [9.17, 15) is 23.1 Å². The molecule has 0 unspecified atom stereocenters. The van der Waals surface area contributed by atoms with Gasteiger partial charge in [-0.3, -0.25) is 4.79 Å². The zero-order chi connectivity index (χ0) is 25.7. The van der Waals surface area contributed by atoms with Crippen LogP contribution in [0.5, 0.6) is 0 Å². The van der Waals surface area contributed by atoms with Crippen molar-refractivity contribution in [2.45, 2.75) is 49.8 Å². The number of rotatable bonds is 8. The van der Waals surface area contributed by atoms with Gasteiger partial charge in [0.25, 0.3) is 0 Å². The maximum absolute atomic E-state index is 13.6. The maximum atomic E-state index is 13.6. The molecule has 4 aliphatic carbocycles. The molecule has 0 heterocycles. The number of benzene rings is 2. The SMILES string of the molecule is CN(CCc1ccccc1)S(=O)(=O)c1cc(C(=O)O)cc(NC(=O)C23CC4CC(CC(C4)C2)C3)c1Cl. The van der Waals surface area contributed by atoms with Crippen molar-refractivity contribution < 1.29 is 23.1 Å². The normalized spacial score (nSPS) is 26.8. The zero-order valence-electron chi connectivity index (χ0n) is 20.2. The molecule has 7 nitrogen and oxygen atoms in total. The van der Waals surface area contributed by atoms with E-state index >= 15 is 0 Å². The Kier molecular flexibility index (Phi) is 6.64. The molecule has 6 rings (SSSR count). The third-order valence-corrected chi connectivity index (χ3v) is 10.7. The molecule has 0 saturated heterocycles. The molecule has 0 atom stereocenters. The Bertz CT molecular complexity index is 1260. The maximum Gasteiger partial charge on any atom is 0.335 e. The predicted molar refractivity (Wildman–Crippen MR) is 138 cm³/mol. The molecule has 2 aromatic carbocycles. The molecular formula is C27H31ClN2O5S. The summed E-state index contributed by atoms with van der Waals surface area (Å²) in [6.45, 7) is 0.189. The van der Waals surface area contributed by atoms with Crippen molar-refractivity contribution in [1.29, 1.82) is 0 Å². The molecule has 0 aliphatic heterocycles. The largest absolute Gasteiger partial charge is 0.478 e. The van der Waals surface area contributed by atoms with Gasteiger partial charge in [0.1, 0.15) is 4.90 Å². The van der Waals surface area contributed by atoms with Crippen molar-refractivity contribution >= 4 is 39.2 Å². The number of nitrogens with zero attached hydrogens (tertiary/aromatic N) is 1. The summed E-state index contributed by atoms with van der Waals surface area (Å²) in [6.07, 6.45) is 6.51. The van der Waals surface area contributed by atoms with Gasteiger partial charge in [0.15, 0.2) is 0 Å². The fraction of sp³-hybridized carbons (Fsp3) is 0.481. The van der Waals surface area contributed by atoms with Crippen LogP contribution in [-0.2, 0) is 21.2 Å². The van der Waals surface area contributed by atoms with E-state index in [-0.39, 0.29) is 33.6 Å². The Morgan fingerprint density at radius 2 is 1.64 bits per heavy atom. The first kappa shape index (κ1) is 25.2. The first-order valence-corrected chi connectivity index (χ1v) is 14.3. The number of carboxylic acids is 1. The van der Waals surface area contributed by atoms with Crippen LogP contribution in [0.3, 0.4) is 0 Å². The van der Waals surface area contributed by atoms with Crippen LogP contribution in [0.2, 0.25) is 5.02 Å². The summed E-state index contributed by atoms with van der Waals surface area (Å²) < 4.78 is 28.1. The van der Waals surface area contributed by atoms with Gasteiger partial charge in [0.2, 0.25) is 15.9 Å². The number of anilines is 1. The monoisotopic (exact) mass is 530 g/mol. The Morgan fingerprint density at radius 1 is 1.06 bits per heavy atom. The van der Waals surface area contributed by atoms with E-state index in [4.69, 9.17) is 11.6 Å². The molecule has 1 amide bonds.